The minimum atomic E-state index is -1.70. The number of benzene rings is 3. The van der Waals surface area contributed by atoms with Crippen LogP contribution in [-0.4, -0.2) is 37.0 Å². The van der Waals surface area contributed by atoms with Crippen LogP contribution in [0.3, 0.4) is 0 Å². The van der Waals surface area contributed by atoms with Gasteiger partial charge in [0.2, 0.25) is 0 Å². The van der Waals surface area contributed by atoms with Gasteiger partial charge in [-0.2, -0.15) is 0 Å². The first-order valence-electron chi connectivity index (χ1n) is 12.2. The Kier molecular flexibility index (Phi) is 6.59. The Labute approximate surface area is 207 Å². The predicted octanol–water partition coefficient (Wildman–Crippen LogP) is 5.74. The summed E-state index contributed by atoms with van der Waals surface area (Å²) in [6.45, 7) is 9.55. The Balaban J connectivity index is 2.02. The lowest BCUT2D eigenvalue weighted by molar-refractivity contribution is 0.901. The molecule has 1 atom stereocenters. The van der Waals surface area contributed by atoms with Gasteiger partial charge in [-0.3, -0.25) is 0 Å². The van der Waals surface area contributed by atoms with Gasteiger partial charge in [-0.25, -0.2) is 0 Å². The Morgan fingerprint density at radius 2 is 1.06 bits per heavy atom. The highest BCUT2D eigenvalue weighted by molar-refractivity contribution is 6.89. The number of anilines is 2. The van der Waals surface area contributed by atoms with Crippen molar-refractivity contribution in [2.45, 2.75) is 32.7 Å². The van der Waals surface area contributed by atoms with Gasteiger partial charge in [-0.1, -0.05) is 83.5 Å². The zero-order valence-corrected chi connectivity index (χ0v) is 23.1. The molecule has 0 saturated heterocycles. The minimum Gasteiger partial charge on any atom is -0.378 e. The lowest BCUT2D eigenvalue weighted by Gasteiger charge is -2.39. The molecule has 176 valence electrons. The van der Waals surface area contributed by atoms with Crippen LogP contribution in [0.5, 0.6) is 0 Å². The summed E-state index contributed by atoms with van der Waals surface area (Å²) in [5, 5.41) is 2.95. The van der Waals surface area contributed by atoms with Crippen molar-refractivity contribution < 1.29 is 0 Å². The maximum Gasteiger partial charge on any atom is 0.117 e. The third kappa shape index (κ3) is 4.03. The molecule has 1 aliphatic carbocycles. The summed E-state index contributed by atoms with van der Waals surface area (Å²) < 4.78 is 0. The second-order valence-corrected chi connectivity index (χ2v) is 13.6. The molecule has 0 heterocycles. The number of hydrogen-bond donors (Lipinski definition) is 0. The van der Waals surface area contributed by atoms with Crippen LogP contribution in [0.4, 0.5) is 11.4 Å². The van der Waals surface area contributed by atoms with E-state index in [1.165, 1.54) is 49.6 Å². The van der Waals surface area contributed by atoms with E-state index in [1.54, 1.807) is 0 Å². The van der Waals surface area contributed by atoms with Gasteiger partial charge in [-0.05, 0) is 61.3 Å². The molecule has 3 aromatic carbocycles. The fraction of sp³-hybridized carbons (Fsp3) is 0.290. The second kappa shape index (κ2) is 9.30. The van der Waals surface area contributed by atoms with Gasteiger partial charge in [0.15, 0.2) is 0 Å². The molecule has 0 fully saturated rings. The summed E-state index contributed by atoms with van der Waals surface area (Å²) in [5.74, 6) is 0. The van der Waals surface area contributed by atoms with Crippen molar-refractivity contribution in [1.29, 1.82) is 0 Å². The molecule has 0 bridgehead atoms. The number of rotatable bonds is 6. The molecule has 0 saturated carbocycles. The summed E-state index contributed by atoms with van der Waals surface area (Å²) >= 11 is 0. The van der Waals surface area contributed by atoms with Crippen LogP contribution >= 0.6 is 0 Å². The molecule has 0 spiro atoms. The average molecular weight is 467 g/mol. The van der Waals surface area contributed by atoms with Crippen molar-refractivity contribution in [3.8, 4) is 0 Å². The maximum atomic E-state index is 2.52. The van der Waals surface area contributed by atoms with E-state index in [1.807, 2.05) is 0 Å². The SMILES string of the molecule is CC1=C(C)C(C)([SiH](c2ccccc2)c2ccccc2)C(c2cc(N(C)C)cc(N(C)C)c2)=C1C. The fourth-order valence-electron chi connectivity index (χ4n) is 5.72. The maximum absolute atomic E-state index is 2.52. The summed E-state index contributed by atoms with van der Waals surface area (Å²) in [6, 6.07) is 29.5. The summed E-state index contributed by atoms with van der Waals surface area (Å²) in [5.41, 5.74) is 9.72. The van der Waals surface area contributed by atoms with Gasteiger partial charge < -0.3 is 9.80 Å². The molecule has 4 rings (SSSR count). The van der Waals surface area contributed by atoms with Gasteiger partial charge in [-0.15, -0.1) is 0 Å². The van der Waals surface area contributed by atoms with Crippen molar-refractivity contribution >= 4 is 36.1 Å². The molecule has 0 aromatic heterocycles. The van der Waals surface area contributed by atoms with Crippen molar-refractivity contribution in [3.05, 3.63) is 101 Å². The van der Waals surface area contributed by atoms with Crippen molar-refractivity contribution in [2.24, 2.45) is 0 Å². The third-order valence-electron chi connectivity index (χ3n) is 7.87. The first-order valence-corrected chi connectivity index (χ1v) is 13.9. The highest BCUT2D eigenvalue weighted by Crippen LogP contribution is 2.58. The standard InChI is InChI=1S/C31H38N2Si/c1-22-23(2)30(25-19-26(32(5)6)21-27(20-25)33(7)8)31(4,24(22)3)34(28-15-11-9-12-16-28)29-17-13-10-14-18-29/h9-21,34H,1-8H3. The topological polar surface area (TPSA) is 6.48 Å². The van der Waals surface area contributed by atoms with Crippen LogP contribution in [0.1, 0.15) is 33.3 Å². The van der Waals surface area contributed by atoms with E-state index in [0.29, 0.717) is 0 Å². The van der Waals surface area contributed by atoms with Crippen molar-refractivity contribution in [1.82, 2.24) is 0 Å². The fourth-order valence-corrected chi connectivity index (χ4v) is 9.97. The van der Waals surface area contributed by atoms with E-state index >= 15 is 0 Å². The molecule has 0 amide bonds. The van der Waals surface area contributed by atoms with E-state index in [2.05, 4.69) is 145 Å². The third-order valence-corrected chi connectivity index (χ3v) is 11.8. The van der Waals surface area contributed by atoms with E-state index in [-0.39, 0.29) is 5.04 Å². The molecule has 1 aliphatic rings. The molecule has 1 unspecified atom stereocenters. The molecule has 3 heteroatoms. The lowest BCUT2D eigenvalue weighted by atomic mass is 9.89. The van der Waals surface area contributed by atoms with E-state index in [9.17, 15) is 0 Å². The first kappa shape index (κ1) is 24.1. The molecular formula is C31H38N2Si. The number of allylic oxidation sites excluding steroid dienone is 4. The highest BCUT2D eigenvalue weighted by atomic mass is 28.3. The van der Waals surface area contributed by atoms with E-state index in [0.717, 1.165) is 0 Å². The van der Waals surface area contributed by atoms with Crippen LogP contribution in [0.2, 0.25) is 5.04 Å². The smallest absolute Gasteiger partial charge is 0.117 e. The minimum absolute atomic E-state index is 0.0363. The number of nitrogens with zero attached hydrogens (tertiary/aromatic N) is 2. The van der Waals surface area contributed by atoms with Crippen LogP contribution < -0.4 is 20.2 Å². The van der Waals surface area contributed by atoms with Crippen LogP contribution in [0, 0.1) is 0 Å². The van der Waals surface area contributed by atoms with Gasteiger partial charge >= 0.3 is 0 Å². The molecule has 0 N–H and O–H groups in total. The largest absolute Gasteiger partial charge is 0.378 e. The monoisotopic (exact) mass is 466 g/mol. The summed E-state index contributed by atoms with van der Waals surface area (Å²) in [7, 11) is 6.83. The zero-order chi connectivity index (χ0) is 24.6. The highest BCUT2D eigenvalue weighted by Gasteiger charge is 2.47. The van der Waals surface area contributed by atoms with Gasteiger partial charge in [0.1, 0.15) is 8.80 Å². The second-order valence-electron chi connectivity index (χ2n) is 10.2. The van der Waals surface area contributed by atoms with Gasteiger partial charge in [0, 0.05) is 44.6 Å². The Bertz CT molecular complexity index is 1170. The summed E-state index contributed by atoms with van der Waals surface area (Å²) in [4.78, 5) is 4.43. The lowest BCUT2D eigenvalue weighted by Crippen LogP contribution is -2.51. The van der Waals surface area contributed by atoms with Crippen LogP contribution in [0.25, 0.3) is 5.57 Å². The summed E-state index contributed by atoms with van der Waals surface area (Å²) in [6.07, 6.45) is 0. The molecule has 3 aromatic rings. The zero-order valence-electron chi connectivity index (χ0n) is 22.0. The molecular weight excluding hydrogens is 428 g/mol. The Morgan fingerprint density at radius 1 is 0.618 bits per heavy atom. The molecule has 0 radical (unpaired) electrons. The molecule has 0 aliphatic heterocycles. The molecule has 34 heavy (non-hydrogen) atoms. The first-order chi connectivity index (χ1) is 16.2. The van der Waals surface area contributed by atoms with E-state index < -0.39 is 8.80 Å². The van der Waals surface area contributed by atoms with Crippen molar-refractivity contribution in [3.63, 3.8) is 0 Å². The van der Waals surface area contributed by atoms with Crippen LogP contribution in [0.15, 0.2) is 95.6 Å². The van der Waals surface area contributed by atoms with Gasteiger partial charge in [0.25, 0.3) is 0 Å². The predicted molar refractivity (Wildman–Crippen MR) is 154 cm³/mol. The van der Waals surface area contributed by atoms with Gasteiger partial charge in [0.05, 0.1) is 0 Å². The molecule has 2 nitrogen and oxygen atoms in total. The Hall–Kier alpha value is -3.04. The Morgan fingerprint density at radius 3 is 1.47 bits per heavy atom. The van der Waals surface area contributed by atoms with Crippen molar-refractivity contribution in [2.75, 3.05) is 38.0 Å². The van der Waals surface area contributed by atoms with E-state index in [4.69, 9.17) is 0 Å². The number of hydrogen-bond acceptors (Lipinski definition) is 2. The average Bonchev–Trinajstić information content (AvgIpc) is 3.00. The van der Waals surface area contributed by atoms with Crippen LogP contribution in [-0.2, 0) is 0 Å². The quantitative estimate of drug-likeness (QED) is 0.427. The normalized spacial score (nSPS) is 18.1.